The highest BCUT2D eigenvalue weighted by atomic mass is 79.9. The van der Waals surface area contributed by atoms with Crippen molar-refractivity contribution in [2.75, 3.05) is 6.61 Å². The van der Waals surface area contributed by atoms with E-state index in [1.165, 1.54) is 0 Å². The van der Waals surface area contributed by atoms with Crippen LogP contribution in [0.25, 0.3) is 0 Å². The number of halogens is 1. The van der Waals surface area contributed by atoms with E-state index in [2.05, 4.69) is 21.4 Å². The molecule has 0 spiro atoms. The molecule has 1 rings (SSSR count). The second-order valence-electron chi connectivity index (χ2n) is 2.76. The standard InChI is InChI=1S/C10H12BrNO2/c1-2-14-12-10(13)7-8-4-3-5-9(11)6-8/h3-6H,2,7H2,1H3,(H,12,13). The van der Waals surface area contributed by atoms with Crippen molar-refractivity contribution in [2.24, 2.45) is 0 Å². The van der Waals surface area contributed by atoms with Gasteiger partial charge in [-0.15, -0.1) is 0 Å². The predicted molar refractivity (Wildman–Crippen MR) is 57.6 cm³/mol. The van der Waals surface area contributed by atoms with E-state index >= 15 is 0 Å². The van der Waals surface area contributed by atoms with Gasteiger partial charge in [-0.05, 0) is 24.6 Å². The number of hydrogen-bond donors (Lipinski definition) is 1. The van der Waals surface area contributed by atoms with E-state index in [1.807, 2.05) is 31.2 Å². The van der Waals surface area contributed by atoms with E-state index in [-0.39, 0.29) is 5.91 Å². The third-order valence-corrected chi connectivity index (χ3v) is 2.08. The van der Waals surface area contributed by atoms with Crippen molar-refractivity contribution in [3.8, 4) is 0 Å². The first-order chi connectivity index (χ1) is 6.72. The van der Waals surface area contributed by atoms with Gasteiger partial charge in [0.05, 0.1) is 13.0 Å². The van der Waals surface area contributed by atoms with Crippen LogP contribution in [-0.2, 0) is 16.1 Å². The molecule has 14 heavy (non-hydrogen) atoms. The molecule has 0 atom stereocenters. The van der Waals surface area contributed by atoms with E-state index in [1.54, 1.807) is 0 Å². The number of carbonyl (C=O) groups is 1. The minimum atomic E-state index is -0.134. The van der Waals surface area contributed by atoms with Gasteiger partial charge in [-0.3, -0.25) is 9.63 Å². The lowest BCUT2D eigenvalue weighted by Crippen LogP contribution is -2.25. The van der Waals surface area contributed by atoms with Gasteiger partial charge in [0.2, 0.25) is 5.91 Å². The molecule has 1 N–H and O–H groups in total. The van der Waals surface area contributed by atoms with Crippen LogP contribution in [0.4, 0.5) is 0 Å². The molecule has 1 aromatic rings. The predicted octanol–water partition coefficient (Wildman–Crippen LogP) is 2.06. The molecule has 0 bridgehead atoms. The summed E-state index contributed by atoms with van der Waals surface area (Å²) in [6.07, 6.45) is 0.333. The fourth-order valence-electron chi connectivity index (χ4n) is 1.02. The molecule has 0 saturated heterocycles. The summed E-state index contributed by atoms with van der Waals surface area (Å²) in [4.78, 5) is 16.0. The fourth-order valence-corrected chi connectivity index (χ4v) is 1.47. The van der Waals surface area contributed by atoms with Gasteiger partial charge in [0.15, 0.2) is 0 Å². The number of rotatable bonds is 4. The molecule has 3 nitrogen and oxygen atoms in total. The first-order valence-corrected chi connectivity index (χ1v) is 5.16. The summed E-state index contributed by atoms with van der Waals surface area (Å²) >= 11 is 3.34. The summed E-state index contributed by atoms with van der Waals surface area (Å²) in [5, 5.41) is 0. The number of amides is 1. The molecular formula is C10H12BrNO2. The first-order valence-electron chi connectivity index (χ1n) is 4.37. The van der Waals surface area contributed by atoms with Crippen LogP contribution in [-0.4, -0.2) is 12.5 Å². The summed E-state index contributed by atoms with van der Waals surface area (Å²) in [7, 11) is 0. The van der Waals surface area contributed by atoms with Crippen molar-refractivity contribution in [3.63, 3.8) is 0 Å². The normalized spacial score (nSPS) is 9.86. The summed E-state index contributed by atoms with van der Waals surface area (Å²) in [5.74, 6) is -0.134. The fraction of sp³-hybridized carbons (Fsp3) is 0.300. The van der Waals surface area contributed by atoms with Crippen LogP contribution in [0.2, 0.25) is 0 Å². The Balaban J connectivity index is 2.47. The average Bonchev–Trinajstić information content (AvgIpc) is 2.15. The molecule has 0 fully saturated rings. The molecule has 0 unspecified atom stereocenters. The molecule has 1 aromatic carbocycles. The monoisotopic (exact) mass is 257 g/mol. The zero-order valence-electron chi connectivity index (χ0n) is 7.92. The van der Waals surface area contributed by atoms with Gasteiger partial charge in [0.1, 0.15) is 0 Å². The molecule has 0 heterocycles. The lowest BCUT2D eigenvalue weighted by molar-refractivity contribution is -0.132. The van der Waals surface area contributed by atoms with Gasteiger partial charge in [0, 0.05) is 4.47 Å². The lowest BCUT2D eigenvalue weighted by Gasteiger charge is -2.03. The van der Waals surface area contributed by atoms with Crippen LogP contribution in [0.3, 0.4) is 0 Å². The maximum atomic E-state index is 11.2. The average molecular weight is 258 g/mol. The van der Waals surface area contributed by atoms with E-state index in [0.29, 0.717) is 13.0 Å². The Kier molecular flexibility index (Phi) is 4.62. The quantitative estimate of drug-likeness (QED) is 0.839. The van der Waals surface area contributed by atoms with Gasteiger partial charge in [0.25, 0.3) is 0 Å². The van der Waals surface area contributed by atoms with Crippen LogP contribution in [0.5, 0.6) is 0 Å². The van der Waals surface area contributed by atoms with Crippen molar-refractivity contribution in [2.45, 2.75) is 13.3 Å². The summed E-state index contributed by atoms with van der Waals surface area (Å²) < 4.78 is 0.971. The van der Waals surface area contributed by atoms with E-state index in [4.69, 9.17) is 4.84 Å². The van der Waals surface area contributed by atoms with Crippen LogP contribution in [0.1, 0.15) is 12.5 Å². The maximum Gasteiger partial charge on any atom is 0.247 e. The number of hydrogen-bond acceptors (Lipinski definition) is 2. The van der Waals surface area contributed by atoms with E-state index in [9.17, 15) is 4.79 Å². The van der Waals surface area contributed by atoms with Gasteiger partial charge in [-0.25, -0.2) is 5.48 Å². The minimum absolute atomic E-state index is 0.134. The highest BCUT2D eigenvalue weighted by molar-refractivity contribution is 9.10. The third-order valence-electron chi connectivity index (χ3n) is 1.58. The Hall–Kier alpha value is -0.870. The maximum absolute atomic E-state index is 11.2. The second kappa shape index (κ2) is 5.78. The molecule has 4 heteroatoms. The molecule has 0 aliphatic heterocycles. The molecule has 0 aromatic heterocycles. The zero-order valence-corrected chi connectivity index (χ0v) is 9.50. The first kappa shape index (κ1) is 11.2. The number of carbonyl (C=O) groups excluding carboxylic acids is 1. The van der Waals surface area contributed by atoms with Gasteiger partial charge in [-0.2, -0.15) is 0 Å². The SMILES string of the molecule is CCONC(=O)Cc1cccc(Br)c1. The van der Waals surface area contributed by atoms with Gasteiger partial charge >= 0.3 is 0 Å². The van der Waals surface area contributed by atoms with Crippen LogP contribution in [0.15, 0.2) is 28.7 Å². The largest absolute Gasteiger partial charge is 0.274 e. The van der Waals surface area contributed by atoms with Crippen LogP contribution in [0, 0.1) is 0 Å². The van der Waals surface area contributed by atoms with Crippen molar-refractivity contribution in [1.82, 2.24) is 5.48 Å². The van der Waals surface area contributed by atoms with E-state index < -0.39 is 0 Å². The van der Waals surface area contributed by atoms with Crippen molar-refractivity contribution in [1.29, 1.82) is 0 Å². The molecule has 76 valence electrons. The Bertz CT molecular complexity index is 315. The van der Waals surface area contributed by atoms with Crippen molar-refractivity contribution < 1.29 is 9.63 Å². The minimum Gasteiger partial charge on any atom is -0.274 e. The topological polar surface area (TPSA) is 38.3 Å². The number of benzene rings is 1. The van der Waals surface area contributed by atoms with Crippen LogP contribution < -0.4 is 5.48 Å². The molecule has 0 aliphatic rings. The molecule has 1 amide bonds. The Morgan fingerprint density at radius 3 is 3.00 bits per heavy atom. The van der Waals surface area contributed by atoms with E-state index in [0.717, 1.165) is 10.0 Å². The van der Waals surface area contributed by atoms with Gasteiger partial charge in [-0.1, -0.05) is 28.1 Å². The van der Waals surface area contributed by atoms with Gasteiger partial charge < -0.3 is 0 Å². The third kappa shape index (κ3) is 3.89. The Morgan fingerprint density at radius 2 is 2.36 bits per heavy atom. The summed E-state index contributed by atoms with van der Waals surface area (Å²) in [5.41, 5.74) is 3.30. The second-order valence-corrected chi connectivity index (χ2v) is 3.68. The number of nitrogens with one attached hydrogen (secondary N) is 1. The molecule has 0 saturated carbocycles. The Morgan fingerprint density at radius 1 is 1.57 bits per heavy atom. The molecule has 0 aliphatic carbocycles. The molecular weight excluding hydrogens is 246 g/mol. The lowest BCUT2D eigenvalue weighted by atomic mass is 10.1. The highest BCUT2D eigenvalue weighted by Crippen LogP contribution is 2.11. The number of hydroxylamine groups is 1. The summed E-state index contributed by atoms with van der Waals surface area (Å²) in [6, 6.07) is 7.62. The summed E-state index contributed by atoms with van der Waals surface area (Å²) in [6.45, 7) is 2.30. The zero-order chi connectivity index (χ0) is 10.4. The van der Waals surface area contributed by atoms with Crippen molar-refractivity contribution in [3.05, 3.63) is 34.3 Å². The van der Waals surface area contributed by atoms with Crippen molar-refractivity contribution >= 4 is 21.8 Å². The smallest absolute Gasteiger partial charge is 0.247 e. The van der Waals surface area contributed by atoms with Crippen LogP contribution >= 0.6 is 15.9 Å². The Labute approximate surface area is 91.5 Å². The molecule has 0 radical (unpaired) electrons. The highest BCUT2D eigenvalue weighted by Gasteiger charge is 2.02.